The maximum atomic E-state index is 12.4. The molecule has 0 bridgehead atoms. The third-order valence-corrected chi connectivity index (χ3v) is 6.13. The predicted octanol–water partition coefficient (Wildman–Crippen LogP) is 2.94. The summed E-state index contributed by atoms with van der Waals surface area (Å²) in [6.07, 6.45) is 7.36. The average molecular weight is 383 g/mol. The quantitative estimate of drug-likeness (QED) is 0.750. The Kier molecular flexibility index (Phi) is 7.32. The second-order valence-corrected chi connectivity index (χ2v) is 9.00. The molecule has 1 aromatic rings. The van der Waals surface area contributed by atoms with Crippen molar-refractivity contribution in [1.82, 2.24) is 5.32 Å². The van der Waals surface area contributed by atoms with Crippen molar-refractivity contribution in [2.45, 2.75) is 51.6 Å². The summed E-state index contributed by atoms with van der Waals surface area (Å²) in [5.41, 5.74) is 0.551. The molecule has 1 N–H and O–H groups in total. The van der Waals surface area contributed by atoms with Crippen molar-refractivity contribution in [3.8, 4) is 5.75 Å². The van der Waals surface area contributed by atoms with E-state index in [1.165, 1.54) is 43.5 Å². The Balaban J connectivity index is 1.90. The Bertz CT molecular complexity index is 682. The number of nitrogens with zero attached hydrogens (tertiary/aromatic N) is 1. The molecule has 1 aromatic carbocycles. The Morgan fingerprint density at radius 2 is 1.85 bits per heavy atom. The summed E-state index contributed by atoms with van der Waals surface area (Å²) < 4.78 is 30.2. The molecule has 0 unspecified atom stereocenters. The third kappa shape index (κ3) is 5.90. The van der Waals surface area contributed by atoms with Crippen LogP contribution in [0.3, 0.4) is 0 Å². The summed E-state index contributed by atoms with van der Waals surface area (Å²) in [5, 5.41) is 3.02. The van der Waals surface area contributed by atoms with Gasteiger partial charge in [0.2, 0.25) is 10.0 Å². The van der Waals surface area contributed by atoms with Crippen LogP contribution in [0.1, 0.15) is 45.4 Å². The molecule has 7 heteroatoms. The van der Waals surface area contributed by atoms with Crippen molar-refractivity contribution < 1.29 is 17.9 Å². The SMILES string of the molecule is CC[C@H](Oc1ccc(N(C)S(C)(=O)=O)cc1)C(=O)NCC1CCCCC1. The number of benzene rings is 1. The number of carbonyl (C=O) groups is 1. The molecule has 2 rings (SSSR count). The fourth-order valence-corrected chi connectivity index (χ4v) is 3.67. The van der Waals surface area contributed by atoms with E-state index in [0.29, 0.717) is 23.8 Å². The minimum atomic E-state index is -3.30. The lowest BCUT2D eigenvalue weighted by Crippen LogP contribution is -2.40. The molecule has 0 radical (unpaired) electrons. The van der Waals surface area contributed by atoms with Gasteiger partial charge >= 0.3 is 0 Å². The number of hydrogen-bond acceptors (Lipinski definition) is 4. The summed E-state index contributed by atoms with van der Waals surface area (Å²) in [7, 11) is -1.80. The maximum Gasteiger partial charge on any atom is 0.261 e. The number of amides is 1. The summed E-state index contributed by atoms with van der Waals surface area (Å²) >= 11 is 0. The molecule has 0 saturated heterocycles. The molecule has 146 valence electrons. The first kappa shape index (κ1) is 20.6. The molecule has 0 heterocycles. The molecule has 1 fully saturated rings. The second kappa shape index (κ2) is 9.26. The molecule has 0 spiro atoms. The van der Waals surface area contributed by atoms with Crippen LogP contribution in [0.2, 0.25) is 0 Å². The van der Waals surface area contributed by atoms with Crippen molar-refractivity contribution in [1.29, 1.82) is 0 Å². The molecule has 1 saturated carbocycles. The van der Waals surface area contributed by atoms with Crippen molar-refractivity contribution in [2.24, 2.45) is 5.92 Å². The van der Waals surface area contributed by atoms with Gasteiger partial charge < -0.3 is 10.1 Å². The van der Waals surface area contributed by atoms with Crippen molar-refractivity contribution in [3.63, 3.8) is 0 Å². The predicted molar refractivity (Wildman–Crippen MR) is 104 cm³/mol. The van der Waals surface area contributed by atoms with Gasteiger partial charge in [0.05, 0.1) is 11.9 Å². The zero-order valence-electron chi connectivity index (χ0n) is 15.9. The summed E-state index contributed by atoms with van der Waals surface area (Å²) in [4.78, 5) is 12.4. The molecule has 1 amide bonds. The number of carbonyl (C=O) groups excluding carboxylic acids is 1. The number of hydrogen-bond donors (Lipinski definition) is 1. The smallest absolute Gasteiger partial charge is 0.261 e. The van der Waals surface area contributed by atoms with Gasteiger partial charge in [0.25, 0.3) is 5.91 Å². The molecule has 1 atom stereocenters. The highest BCUT2D eigenvalue weighted by Crippen LogP contribution is 2.23. The van der Waals surface area contributed by atoms with E-state index >= 15 is 0 Å². The van der Waals surface area contributed by atoms with Gasteiger partial charge in [0.1, 0.15) is 5.75 Å². The maximum absolute atomic E-state index is 12.4. The second-order valence-electron chi connectivity index (χ2n) is 6.99. The van der Waals surface area contributed by atoms with Crippen LogP contribution in [0.25, 0.3) is 0 Å². The van der Waals surface area contributed by atoms with Crippen LogP contribution in [-0.2, 0) is 14.8 Å². The Morgan fingerprint density at radius 1 is 1.23 bits per heavy atom. The van der Waals surface area contributed by atoms with E-state index in [4.69, 9.17) is 4.74 Å². The highest BCUT2D eigenvalue weighted by atomic mass is 32.2. The number of anilines is 1. The van der Waals surface area contributed by atoms with E-state index in [0.717, 1.165) is 12.8 Å². The number of ether oxygens (including phenoxy) is 1. The Hall–Kier alpha value is -1.76. The first-order valence-corrected chi connectivity index (χ1v) is 11.1. The largest absolute Gasteiger partial charge is 0.481 e. The molecule has 0 aliphatic heterocycles. The topological polar surface area (TPSA) is 75.7 Å². The monoisotopic (exact) mass is 382 g/mol. The molecule has 26 heavy (non-hydrogen) atoms. The summed E-state index contributed by atoms with van der Waals surface area (Å²) in [6, 6.07) is 6.72. The first-order valence-electron chi connectivity index (χ1n) is 9.29. The van der Waals surface area contributed by atoms with Crippen molar-refractivity contribution in [2.75, 3.05) is 24.2 Å². The van der Waals surface area contributed by atoms with Crippen LogP contribution in [-0.4, -0.2) is 40.3 Å². The van der Waals surface area contributed by atoms with E-state index in [1.54, 1.807) is 24.3 Å². The van der Waals surface area contributed by atoms with Crippen LogP contribution in [0.4, 0.5) is 5.69 Å². The highest BCUT2D eigenvalue weighted by molar-refractivity contribution is 7.92. The molecular formula is C19H30N2O4S. The fraction of sp³-hybridized carbons (Fsp3) is 0.632. The molecule has 1 aliphatic carbocycles. The number of rotatable bonds is 8. The molecule has 0 aromatic heterocycles. The lowest BCUT2D eigenvalue weighted by Gasteiger charge is -2.23. The third-order valence-electron chi connectivity index (χ3n) is 4.93. The van der Waals surface area contributed by atoms with Gasteiger partial charge in [-0.25, -0.2) is 8.42 Å². The van der Waals surface area contributed by atoms with E-state index in [9.17, 15) is 13.2 Å². The minimum Gasteiger partial charge on any atom is -0.481 e. The average Bonchev–Trinajstić information content (AvgIpc) is 2.64. The van der Waals surface area contributed by atoms with Crippen molar-refractivity contribution >= 4 is 21.6 Å². The van der Waals surface area contributed by atoms with Gasteiger partial charge in [0, 0.05) is 13.6 Å². The van der Waals surface area contributed by atoms with Gasteiger partial charge in [-0.05, 0) is 49.4 Å². The zero-order valence-corrected chi connectivity index (χ0v) is 16.7. The van der Waals surface area contributed by atoms with Crippen LogP contribution in [0.15, 0.2) is 24.3 Å². The van der Waals surface area contributed by atoms with E-state index in [2.05, 4.69) is 5.32 Å². The zero-order chi connectivity index (χ0) is 19.2. The fourth-order valence-electron chi connectivity index (χ4n) is 3.16. The van der Waals surface area contributed by atoms with Crippen molar-refractivity contribution in [3.05, 3.63) is 24.3 Å². The Labute approximate surface area is 157 Å². The number of nitrogens with one attached hydrogen (secondary N) is 1. The molecular weight excluding hydrogens is 352 g/mol. The van der Waals surface area contributed by atoms with E-state index in [1.807, 2.05) is 6.92 Å². The summed E-state index contributed by atoms with van der Waals surface area (Å²) in [6.45, 7) is 2.63. The van der Waals surface area contributed by atoms with Crippen LogP contribution in [0.5, 0.6) is 5.75 Å². The number of sulfonamides is 1. The van der Waals surface area contributed by atoms with Crippen LogP contribution >= 0.6 is 0 Å². The lowest BCUT2D eigenvalue weighted by atomic mass is 9.89. The lowest BCUT2D eigenvalue weighted by molar-refractivity contribution is -0.128. The van der Waals surface area contributed by atoms with Gasteiger partial charge in [-0.2, -0.15) is 0 Å². The van der Waals surface area contributed by atoms with Crippen LogP contribution in [0, 0.1) is 5.92 Å². The normalized spacial score (nSPS) is 16.7. The van der Waals surface area contributed by atoms with Crippen LogP contribution < -0.4 is 14.4 Å². The first-order chi connectivity index (χ1) is 12.3. The van der Waals surface area contributed by atoms with E-state index in [-0.39, 0.29) is 5.91 Å². The van der Waals surface area contributed by atoms with Gasteiger partial charge in [0.15, 0.2) is 6.10 Å². The summed E-state index contributed by atoms with van der Waals surface area (Å²) in [5.74, 6) is 1.04. The molecule has 6 nitrogen and oxygen atoms in total. The molecule has 1 aliphatic rings. The van der Waals surface area contributed by atoms with Gasteiger partial charge in [-0.15, -0.1) is 0 Å². The van der Waals surface area contributed by atoms with E-state index < -0.39 is 16.1 Å². The standard InChI is InChI=1S/C19H30N2O4S/c1-4-18(19(22)20-14-15-8-6-5-7-9-15)25-17-12-10-16(11-13-17)21(2)26(3,23)24/h10-13,15,18H,4-9,14H2,1-3H3,(H,20,22)/t18-/m0/s1. The minimum absolute atomic E-state index is 0.0876. The van der Waals surface area contributed by atoms with Gasteiger partial charge in [-0.1, -0.05) is 26.2 Å². The van der Waals surface area contributed by atoms with Gasteiger partial charge in [-0.3, -0.25) is 9.10 Å². The highest BCUT2D eigenvalue weighted by Gasteiger charge is 2.21. The Morgan fingerprint density at radius 3 is 2.38 bits per heavy atom.